The first-order chi connectivity index (χ1) is 11.1. The highest BCUT2D eigenvalue weighted by Gasteiger charge is 2.22. The number of carbonyl (C=O) groups excluding carboxylic acids is 1. The molecule has 0 atom stereocenters. The molecule has 2 amide bonds. The Morgan fingerprint density at radius 3 is 2.39 bits per heavy atom. The van der Waals surface area contributed by atoms with Crippen LogP contribution in [0, 0.1) is 6.92 Å². The summed E-state index contributed by atoms with van der Waals surface area (Å²) < 4.78 is 3.34. The minimum atomic E-state index is -0.207. The van der Waals surface area contributed by atoms with E-state index in [1.54, 1.807) is 14.3 Å². The van der Waals surface area contributed by atoms with Gasteiger partial charge in [-0.25, -0.2) is 9.48 Å². The zero-order valence-electron chi connectivity index (χ0n) is 13.6. The first-order valence-electron chi connectivity index (χ1n) is 7.99. The molecule has 1 N–H and O–H groups in total. The van der Waals surface area contributed by atoms with Crippen LogP contribution in [-0.4, -0.2) is 33.4 Å². The predicted octanol–water partition coefficient (Wildman–Crippen LogP) is 2.50. The number of likely N-dealkylation sites (tertiary alicyclic amines) is 1. The molecule has 0 saturated carbocycles. The standard InChI is InChI=1S/C17H22N4O2/c1-13-15(18-17(23)20-11-7-4-8-12-20)16(22)21(19(13)2)14-9-5-3-6-10-14/h3,5-6,9-10H,4,7-8,11-12H2,1-2H3,(H,18,23). The number of hydrogen-bond donors (Lipinski definition) is 1. The third kappa shape index (κ3) is 2.88. The van der Waals surface area contributed by atoms with Gasteiger partial charge < -0.3 is 10.2 Å². The molecular formula is C17H22N4O2. The monoisotopic (exact) mass is 314 g/mol. The molecule has 3 rings (SSSR count). The summed E-state index contributed by atoms with van der Waals surface area (Å²) in [6, 6.07) is 9.24. The highest BCUT2D eigenvalue weighted by atomic mass is 16.2. The maximum absolute atomic E-state index is 12.7. The molecule has 1 saturated heterocycles. The fourth-order valence-electron chi connectivity index (χ4n) is 3.00. The number of urea groups is 1. The summed E-state index contributed by atoms with van der Waals surface area (Å²) >= 11 is 0. The molecule has 1 aliphatic heterocycles. The number of nitrogens with one attached hydrogen (secondary N) is 1. The van der Waals surface area contributed by atoms with Crippen molar-refractivity contribution in [3.8, 4) is 5.69 Å². The zero-order chi connectivity index (χ0) is 16.4. The largest absolute Gasteiger partial charge is 0.325 e. The maximum Gasteiger partial charge on any atom is 0.322 e. The van der Waals surface area contributed by atoms with E-state index in [1.807, 2.05) is 44.3 Å². The quantitative estimate of drug-likeness (QED) is 0.926. The molecule has 1 aliphatic rings. The summed E-state index contributed by atoms with van der Waals surface area (Å²) in [5.74, 6) is 0. The van der Waals surface area contributed by atoms with Gasteiger partial charge in [0, 0.05) is 20.1 Å². The van der Waals surface area contributed by atoms with Crippen LogP contribution in [0.2, 0.25) is 0 Å². The Hall–Kier alpha value is -2.50. The third-order valence-corrected chi connectivity index (χ3v) is 4.43. The van der Waals surface area contributed by atoms with Crippen molar-refractivity contribution in [2.75, 3.05) is 18.4 Å². The summed E-state index contributed by atoms with van der Waals surface area (Å²) in [6.07, 6.45) is 3.21. The average molecular weight is 314 g/mol. The molecule has 23 heavy (non-hydrogen) atoms. The Bertz CT molecular complexity index is 755. The van der Waals surface area contributed by atoms with Crippen LogP contribution in [0.15, 0.2) is 35.1 Å². The van der Waals surface area contributed by atoms with Crippen molar-refractivity contribution in [3.05, 3.63) is 46.4 Å². The number of rotatable bonds is 2. The van der Waals surface area contributed by atoms with Crippen molar-refractivity contribution in [2.45, 2.75) is 26.2 Å². The van der Waals surface area contributed by atoms with Gasteiger partial charge in [0.05, 0.1) is 11.4 Å². The second kappa shape index (κ2) is 6.32. The number of anilines is 1. The fourth-order valence-corrected chi connectivity index (χ4v) is 3.00. The molecular weight excluding hydrogens is 292 g/mol. The Morgan fingerprint density at radius 2 is 1.74 bits per heavy atom. The van der Waals surface area contributed by atoms with Crippen LogP contribution in [0.5, 0.6) is 0 Å². The molecule has 1 aromatic heterocycles. The average Bonchev–Trinajstić information content (AvgIpc) is 2.80. The van der Waals surface area contributed by atoms with Gasteiger partial charge in [-0.1, -0.05) is 18.2 Å². The third-order valence-electron chi connectivity index (χ3n) is 4.43. The fraction of sp³-hybridized carbons (Fsp3) is 0.412. The molecule has 0 aliphatic carbocycles. The smallest absolute Gasteiger partial charge is 0.322 e. The van der Waals surface area contributed by atoms with Crippen LogP contribution in [-0.2, 0) is 7.05 Å². The van der Waals surface area contributed by atoms with Crippen LogP contribution in [0.25, 0.3) is 5.69 Å². The molecule has 2 aromatic rings. The number of para-hydroxylation sites is 1. The molecule has 122 valence electrons. The van der Waals surface area contributed by atoms with E-state index in [1.165, 1.54) is 0 Å². The second-order valence-corrected chi connectivity index (χ2v) is 5.91. The Balaban J connectivity index is 1.92. The van der Waals surface area contributed by atoms with Gasteiger partial charge in [-0.3, -0.25) is 9.48 Å². The lowest BCUT2D eigenvalue weighted by atomic mass is 10.1. The number of hydrogen-bond acceptors (Lipinski definition) is 2. The SMILES string of the molecule is Cc1c(NC(=O)N2CCCCC2)c(=O)n(-c2ccccc2)n1C. The van der Waals surface area contributed by atoms with E-state index in [9.17, 15) is 9.59 Å². The van der Waals surface area contributed by atoms with Crippen LogP contribution in [0.1, 0.15) is 25.0 Å². The Labute approximate surface area is 135 Å². The van der Waals surface area contributed by atoms with Crippen molar-refractivity contribution in [1.29, 1.82) is 0 Å². The molecule has 0 spiro atoms. The van der Waals surface area contributed by atoms with E-state index in [0.29, 0.717) is 5.69 Å². The number of benzene rings is 1. The van der Waals surface area contributed by atoms with Crippen molar-refractivity contribution in [1.82, 2.24) is 14.3 Å². The Kier molecular flexibility index (Phi) is 4.23. The Morgan fingerprint density at radius 1 is 1.09 bits per heavy atom. The summed E-state index contributed by atoms with van der Waals surface area (Å²) in [4.78, 5) is 26.9. The highest BCUT2D eigenvalue weighted by molar-refractivity contribution is 5.89. The lowest BCUT2D eigenvalue weighted by Crippen LogP contribution is -2.39. The molecule has 2 heterocycles. The van der Waals surface area contributed by atoms with E-state index in [0.717, 1.165) is 43.7 Å². The van der Waals surface area contributed by atoms with Gasteiger partial charge >= 0.3 is 6.03 Å². The van der Waals surface area contributed by atoms with E-state index >= 15 is 0 Å². The minimum absolute atomic E-state index is 0.185. The molecule has 6 nitrogen and oxygen atoms in total. The number of aromatic nitrogens is 2. The number of nitrogens with zero attached hydrogens (tertiary/aromatic N) is 3. The molecule has 0 radical (unpaired) electrons. The van der Waals surface area contributed by atoms with E-state index in [2.05, 4.69) is 5.32 Å². The lowest BCUT2D eigenvalue weighted by molar-refractivity contribution is 0.200. The second-order valence-electron chi connectivity index (χ2n) is 5.91. The highest BCUT2D eigenvalue weighted by Crippen LogP contribution is 2.16. The maximum atomic E-state index is 12.7. The molecule has 0 unspecified atom stereocenters. The van der Waals surface area contributed by atoms with Gasteiger partial charge in [-0.15, -0.1) is 0 Å². The predicted molar refractivity (Wildman–Crippen MR) is 90.2 cm³/mol. The van der Waals surface area contributed by atoms with Crippen LogP contribution in [0.3, 0.4) is 0 Å². The summed E-state index contributed by atoms with van der Waals surface area (Å²) in [5, 5.41) is 2.81. The van der Waals surface area contributed by atoms with Gasteiger partial charge in [0.15, 0.2) is 0 Å². The number of piperidine rings is 1. The normalized spacial score (nSPS) is 14.8. The lowest BCUT2D eigenvalue weighted by Gasteiger charge is -2.26. The van der Waals surface area contributed by atoms with Gasteiger partial charge in [-0.2, -0.15) is 0 Å². The van der Waals surface area contributed by atoms with Gasteiger partial charge in [0.25, 0.3) is 5.56 Å². The van der Waals surface area contributed by atoms with Crippen molar-refractivity contribution < 1.29 is 4.79 Å². The zero-order valence-corrected chi connectivity index (χ0v) is 13.6. The van der Waals surface area contributed by atoms with Crippen molar-refractivity contribution in [3.63, 3.8) is 0 Å². The summed E-state index contributed by atoms with van der Waals surface area (Å²) in [6.45, 7) is 3.35. The van der Waals surface area contributed by atoms with Crippen LogP contribution >= 0.6 is 0 Å². The van der Waals surface area contributed by atoms with Crippen LogP contribution in [0.4, 0.5) is 10.5 Å². The van der Waals surface area contributed by atoms with Crippen molar-refractivity contribution >= 4 is 11.7 Å². The molecule has 1 fully saturated rings. The first-order valence-corrected chi connectivity index (χ1v) is 7.99. The number of amides is 2. The van der Waals surface area contributed by atoms with Crippen LogP contribution < -0.4 is 10.9 Å². The summed E-state index contributed by atoms with van der Waals surface area (Å²) in [7, 11) is 1.82. The van der Waals surface area contributed by atoms with E-state index in [-0.39, 0.29) is 11.6 Å². The van der Waals surface area contributed by atoms with Gasteiger partial charge in [0.1, 0.15) is 5.69 Å². The first kappa shape index (κ1) is 15.4. The summed E-state index contributed by atoms with van der Waals surface area (Å²) in [5.41, 5.74) is 1.67. The van der Waals surface area contributed by atoms with E-state index < -0.39 is 0 Å². The van der Waals surface area contributed by atoms with E-state index in [4.69, 9.17) is 0 Å². The number of carbonyl (C=O) groups is 1. The molecule has 0 bridgehead atoms. The van der Waals surface area contributed by atoms with Gasteiger partial charge in [0.2, 0.25) is 0 Å². The van der Waals surface area contributed by atoms with Crippen molar-refractivity contribution in [2.24, 2.45) is 7.05 Å². The van der Waals surface area contributed by atoms with Gasteiger partial charge in [-0.05, 0) is 38.3 Å². The molecule has 6 heteroatoms. The topological polar surface area (TPSA) is 59.3 Å². The molecule has 1 aromatic carbocycles. The minimum Gasteiger partial charge on any atom is -0.325 e.